The summed E-state index contributed by atoms with van der Waals surface area (Å²) in [7, 11) is 0. The molecule has 2 heteroatoms. The van der Waals surface area contributed by atoms with Gasteiger partial charge in [0.25, 0.3) is 0 Å². The fourth-order valence-corrected chi connectivity index (χ4v) is 3.36. The summed E-state index contributed by atoms with van der Waals surface area (Å²) < 4.78 is 1.13. The van der Waals surface area contributed by atoms with Crippen LogP contribution in [0.25, 0.3) is 0 Å². The zero-order valence-corrected chi connectivity index (χ0v) is 13.6. The predicted molar refractivity (Wildman–Crippen MR) is 87.8 cm³/mol. The summed E-state index contributed by atoms with van der Waals surface area (Å²) in [6.45, 7) is 4.52. The van der Waals surface area contributed by atoms with Gasteiger partial charge in [-0.2, -0.15) is 0 Å². The van der Waals surface area contributed by atoms with Gasteiger partial charge in [0.2, 0.25) is 0 Å². The van der Waals surface area contributed by atoms with E-state index in [2.05, 4.69) is 83.6 Å². The highest BCUT2D eigenvalue weighted by atomic mass is 79.9. The van der Waals surface area contributed by atoms with Crippen molar-refractivity contribution in [1.29, 1.82) is 0 Å². The third-order valence-corrected chi connectivity index (χ3v) is 4.76. The van der Waals surface area contributed by atoms with Gasteiger partial charge in [0.1, 0.15) is 0 Å². The van der Waals surface area contributed by atoms with Crippen LogP contribution in [-0.4, -0.2) is 0 Å². The molecule has 1 N–H and O–H groups in total. The van der Waals surface area contributed by atoms with Gasteiger partial charge in [-0.3, -0.25) is 0 Å². The van der Waals surface area contributed by atoms with Crippen LogP contribution in [0.2, 0.25) is 0 Å². The van der Waals surface area contributed by atoms with Gasteiger partial charge in [0, 0.05) is 16.1 Å². The maximum atomic E-state index is 3.83. The molecule has 0 spiro atoms. The molecule has 0 saturated heterocycles. The maximum absolute atomic E-state index is 3.83. The molecule has 2 aromatic rings. The summed E-state index contributed by atoms with van der Waals surface area (Å²) in [6, 6.07) is 17.9. The molecule has 104 valence electrons. The smallest absolute Gasteiger partial charge is 0.0382 e. The van der Waals surface area contributed by atoms with Gasteiger partial charge in [-0.1, -0.05) is 52.3 Å². The molecule has 0 bridgehead atoms. The molecule has 0 heterocycles. The summed E-state index contributed by atoms with van der Waals surface area (Å²) in [5.41, 5.74) is 4.27. The Hall–Kier alpha value is -1.12. The Morgan fingerprint density at radius 1 is 1.05 bits per heavy atom. The Bertz CT molecular complexity index is 601. The van der Waals surface area contributed by atoms with Crippen molar-refractivity contribution < 1.29 is 0 Å². The zero-order valence-electron chi connectivity index (χ0n) is 12.0. The van der Waals surface area contributed by atoms with Gasteiger partial charge in [-0.05, 0) is 55.5 Å². The third-order valence-electron chi connectivity index (χ3n) is 4.23. The quantitative estimate of drug-likeness (QED) is 0.839. The summed E-state index contributed by atoms with van der Waals surface area (Å²) >= 11 is 3.50. The number of nitrogens with one attached hydrogen (secondary N) is 1. The minimum atomic E-state index is -0.0250. The SMILES string of the molecule is CC(C)(NC1CCc2ccccc21)c1ccc(Br)cc1. The largest absolute Gasteiger partial charge is 0.301 e. The van der Waals surface area contributed by atoms with E-state index in [-0.39, 0.29) is 5.54 Å². The molecule has 20 heavy (non-hydrogen) atoms. The average molecular weight is 330 g/mol. The summed E-state index contributed by atoms with van der Waals surface area (Å²) in [5, 5.41) is 3.83. The second-order valence-electron chi connectivity index (χ2n) is 6.07. The molecule has 0 aromatic heterocycles. The van der Waals surface area contributed by atoms with Gasteiger partial charge >= 0.3 is 0 Å². The van der Waals surface area contributed by atoms with E-state index in [0.717, 1.165) is 4.47 Å². The molecule has 1 aliphatic carbocycles. The average Bonchev–Trinajstić information content (AvgIpc) is 2.82. The number of hydrogen-bond donors (Lipinski definition) is 1. The number of fused-ring (bicyclic) bond motifs is 1. The van der Waals surface area contributed by atoms with Crippen LogP contribution in [0.1, 0.15) is 43.0 Å². The second kappa shape index (κ2) is 5.34. The third kappa shape index (κ3) is 2.68. The molecule has 0 saturated carbocycles. The first-order valence-corrected chi connectivity index (χ1v) is 7.97. The Kier molecular flexibility index (Phi) is 3.70. The van der Waals surface area contributed by atoms with E-state index >= 15 is 0 Å². The molecule has 0 amide bonds. The highest BCUT2D eigenvalue weighted by Crippen LogP contribution is 2.34. The highest BCUT2D eigenvalue weighted by Gasteiger charge is 2.29. The van der Waals surface area contributed by atoms with Gasteiger partial charge in [0.05, 0.1) is 0 Å². The Morgan fingerprint density at radius 3 is 2.50 bits per heavy atom. The van der Waals surface area contributed by atoms with Crippen LogP contribution in [0.3, 0.4) is 0 Å². The van der Waals surface area contributed by atoms with E-state index in [4.69, 9.17) is 0 Å². The maximum Gasteiger partial charge on any atom is 0.0382 e. The molecule has 0 radical (unpaired) electrons. The van der Waals surface area contributed by atoms with Crippen LogP contribution >= 0.6 is 15.9 Å². The molecule has 2 aromatic carbocycles. The monoisotopic (exact) mass is 329 g/mol. The van der Waals surface area contributed by atoms with E-state index in [1.54, 1.807) is 0 Å². The normalized spacial score (nSPS) is 18.1. The first-order valence-electron chi connectivity index (χ1n) is 7.18. The Morgan fingerprint density at radius 2 is 1.75 bits per heavy atom. The number of hydrogen-bond acceptors (Lipinski definition) is 1. The van der Waals surface area contributed by atoms with E-state index in [1.165, 1.54) is 29.5 Å². The van der Waals surface area contributed by atoms with Crippen LogP contribution in [0, 0.1) is 0 Å². The van der Waals surface area contributed by atoms with Crippen LogP contribution in [0.5, 0.6) is 0 Å². The molecule has 1 unspecified atom stereocenters. The minimum Gasteiger partial charge on any atom is -0.301 e. The van der Waals surface area contributed by atoms with Crippen molar-refractivity contribution in [3.8, 4) is 0 Å². The lowest BCUT2D eigenvalue weighted by Crippen LogP contribution is -2.38. The second-order valence-corrected chi connectivity index (χ2v) is 6.98. The van der Waals surface area contributed by atoms with Crippen molar-refractivity contribution in [1.82, 2.24) is 5.32 Å². The molecule has 1 aliphatic rings. The van der Waals surface area contributed by atoms with Crippen molar-refractivity contribution in [3.63, 3.8) is 0 Å². The molecular formula is C18H20BrN. The molecular weight excluding hydrogens is 310 g/mol. The molecule has 1 nitrogen and oxygen atoms in total. The Balaban J connectivity index is 1.82. The zero-order chi connectivity index (χ0) is 14.2. The van der Waals surface area contributed by atoms with Crippen molar-refractivity contribution >= 4 is 15.9 Å². The van der Waals surface area contributed by atoms with Crippen LogP contribution in [0.4, 0.5) is 0 Å². The number of halogens is 1. The van der Waals surface area contributed by atoms with E-state index < -0.39 is 0 Å². The van der Waals surface area contributed by atoms with Gasteiger partial charge in [-0.15, -0.1) is 0 Å². The Labute approximate surface area is 129 Å². The fourth-order valence-electron chi connectivity index (χ4n) is 3.09. The molecule has 1 atom stereocenters. The lowest BCUT2D eigenvalue weighted by Gasteiger charge is -2.31. The van der Waals surface area contributed by atoms with Crippen molar-refractivity contribution in [2.45, 2.75) is 38.3 Å². The lowest BCUT2D eigenvalue weighted by atomic mass is 9.92. The van der Waals surface area contributed by atoms with Crippen molar-refractivity contribution in [3.05, 3.63) is 69.7 Å². The number of rotatable bonds is 3. The first-order chi connectivity index (χ1) is 9.56. The van der Waals surface area contributed by atoms with Crippen LogP contribution < -0.4 is 5.32 Å². The van der Waals surface area contributed by atoms with Gasteiger partial charge in [-0.25, -0.2) is 0 Å². The lowest BCUT2D eigenvalue weighted by molar-refractivity contribution is 0.343. The van der Waals surface area contributed by atoms with E-state index in [1.807, 2.05) is 0 Å². The number of benzene rings is 2. The van der Waals surface area contributed by atoms with E-state index in [0.29, 0.717) is 6.04 Å². The molecule has 0 fully saturated rings. The first kappa shape index (κ1) is 13.8. The fraction of sp³-hybridized carbons (Fsp3) is 0.333. The molecule has 0 aliphatic heterocycles. The topological polar surface area (TPSA) is 12.0 Å². The standard InChI is InChI=1S/C18H20BrN/c1-18(2,14-8-10-15(19)11-9-14)20-17-12-7-13-5-3-4-6-16(13)17/h3-6,8-11,17,20H,7,12H2,1-2H3. The van der Waals surface area contributed by atoms with E-state index in [9.17, 15) is 0 Å². The highest BCUT2D eigenvalue weighted by molar-refractivity contribution is 9.10. The van der Waals surface area contributed by atoms with Gasteiger partial charge in [0.15, 0.2) is 0 Å². The van der Waals surface area contributed by atoms with Gasteiger partial charge < -0.3 is 5.32 Å². The van der Waals surface area contributed by atoms with Crippen molar-refractivity contribution in [2.24, 2.45) is 0 Å². The van der Waals surface area contributed by atoms with Crippen LogP contribution in [0.15, 0.2) is 53.0 Å². The molecule has 3 rings (SSSR count). The minimum absolute atomic E-state index is 0.0250. The van der Waals surface area contributed by atoms with Crippen LogP contribution in [-0.2, 0) is 12.0 Å². The number of aryl methyl sites for hydroxylation is 1. The summed E-state index contributed by atoms with van der Waals surface area (Å²) in [4.78, 5) is 0. The summed E-state index contributed by atoms with van der Waals surface area (Å²) in [5.74, 6) is 0. The van der Waals surface area contributed by atoms with Crippen molar-refractivity contribution in [2.75, 3.05) is 0 Å². The predicted octanol–water partition coefficient (Wildman–Crippen LogP) is 4.96. The summed E-state index contributed by atoms with van der Waals surface area (Å²) in [6.07, 6.45) is 2.38.